The van der Waals surface area contributed by atoms with Crippen LogP contribution in [0.25, 0.3) is 11.3 Å². The number of amides is 3. The Morgan fingerprint density at radius 3 is 2.45 bits per heavy atom. The second-order valence-corrected chi connectivity index (χ2v) is 13.0. The molecular formula is C33H44N3O7P. The van der Waals surface area contributed by atoms with E-state index in [9.17, 15) is 18.9 Å². The molecule has 0 spiro atoms. The van der Waals surface area contributed by atoms with E-state index in [-0.39, 0.29) is 24.9 Å². The first-order valence-corrected chi connectivity index (χ1v) is 17.2. The Balaban J connectivity index is 1.63. The number of hydrogen-bond donors (Lipinski definition) is 2. The minimum absolute atomic E-state index is 0.0662. The van der Waals surface area contributed by atoms with Crippen LogP contribution in [0.3, 0.4) is 0 Å². The molecule has 0 aliphatic carbocycles. The van der Waals surface area contributed by atoms with Gasteiger partial charge in [-0.05, 0) is 49.6 Å². The fraction of sp³-hybridized carbons (Fsp3) is 0.424. The summed E-state index contributed by atoms with van der Waals surface area (Å²) in [5, 5.41) is 7.27. The zero-order valence-electron chi connectivity index (χ0n) is 26.0. The van der Waals surface area contributed by atoms with Crippen LogP contribution in [0.1, 0.15) is 69.0 Å². The Bertz CT molecular complexity index is 1390. The molecule has 0 aliphatic rings. The first-order chi connectivity index (χ1) is 21.2. The minimum atomic E-state index is -2.97. The van der Waals surface area contributed by atoms with E-state index in [2.05, 4.69) is 17.6 Å². The van der Waals surface area contributed by atoms with Gasteiger partial charge in [-0.25, -0.2) is 5.06 Å². The predicted octanol–water partition coefficient (Wildman–Crippen LogP) is 5.89. The number of nitrogens with zero attached hydrogens (tertiary/aromatic N) is 1. The molecule has 0 saturated carbocycles. The van der Waals surface area contributed by atoms with Crippen LogP contribution in [0.5, 0.6) is 0 Å². The average molecular weight is 626 g/mol. The molecule has 1 heterocycles. The molecule has 0 radical (unpaired) electrons. The first kappa shape index (κ1) is 34.8. The second-order valence-electron chi connectivity index (χ2n) is 10.5. The summed E-state index contributed by atoms with van der Waals surface area (Å²) < 4.78 is 24.0. The quantitative estimate of drug-likeness (QED) is 0.0560. The van der Waals surface area contributed by atoms with Crippen molar-refractivity contribution in [3.63, 3.8) is 0 Å². The molecule has 238 valence electrons. The Hall–Kier alpha value is -3.72. The number of nitrogens with one attached hydrogen (secondary N) is 2. The number of carbonyl (C=O) groups excluding carboxylic acids is 3. The van der Waals surface area contributed by atoms with Gasteiger partial charge in [-0.2, -0.15) is 0 Å². The van der Waals surface area contributed by atoms with Crippen LogP contribution in [-0.4, -0.2) is 49.3 Å². The van der Waals surface area contributed by atoms with Crippen molar-refractivity contribution in [2.45, 2.75) is 65.5 Å². The lowest BCUT2D eigenvalue weighted by molar-refractivity contribution is -0.200. The van der Waals surface area contributed by atoms with Gasteiger partial charge < -0.3 is 19.6 Å². The van der Waals surface area contributed by atoms with Crippen molar-refractivity contribution in [1.82, 2.24) is 15.7 Å². The third-order valence-corrected chi connectivity index (χ3v) is 9.28. The van der Waals surface area contributed by atoms with Crippen molar-refractivity contribution in [1.29, 1.82) is 0 Å². The van der Waals surface area contributed by atoms with E-state index >= 15 is 0 Å². The summed E-state index contributed by atoms with van der Waals surface area (Å²) in [4.78, 5) is 44.1. The van der Waals surface area contributed by atoms with Crippen LogP contribution in [0.4, 0.5) is 0 Å². The fourth-order valence-electron chi connectivity index (χ4n) is 4.96. The highest BCUT2D eigenvalue weighted by molar-refractivity contribution is 7.66. The van der Waals surface area contributed by atoms with E-state index in [1.165, 1.54) is 5.06 Å². The van der Waals surface area contributed by atoms with Crippen molar-refractivity contribution in [3.05, 3.63) is 78.1 Å². The van der Waals surface area contributed by atoms with E-state index in [1.54, 1.807) is 50.0 Å². The van der Waals surface area contributed by atoms with Crippen molar-refractivity contribution >= 4 is 30.9 Å². The molecule has 10 nitrogen and oxygen atoms in total. The Morgan fingerprint density at radius 2 is 1.77 bits per heavy atom. The van der Waals surface area contributed by atoms with E-state index in [0.29, 0.717) is 42.5 Å². The van der Waals surface area contributed by atoms with Gasteiger partial charge in [0.25, 0.3) is 5.91 Å². The number of rotatable bonds is 19. The van der Waals surface area contributed by atoms with Gasteiger partial charge in [0.15, 0.2) is 5.76 Å². The number of unbranched alkanes of at least 4 members (excludes halogenated alkanes) is 2. The smallest absolute Gasteiger partial charge is 0.288 e. The molecule has 11 heteroatoms. The first-order valence-electron chi connectivity index (χ1n) is 15.1. The van der Waals surface area contributed by atoms with Crippen molar-refractivity contribution in [2.24, 2.45) is 5.92 Å². The van der Waals surface area contributed by atoms with E-state index in [4.69, 9.17) is 13.8 Å². The monoisotopic (exact) mass is 625 g/mol. The van der Waals surface area contributed by atoms with Gasteiger partial charge in [0.05, 0.1) is 25.2 Å². The molecule has 3 rings (SSSR count). The summed E-state index contributed by atoms with van der Waals surface area (Å²) in [6.45, 7) is 7.76. The summed E-state index contributed by atoms with van der Waals surface area (Å²) in [5.41, 5.74) is 1.57. The maximum Gasteiger partial charge on any atom is 0.288 e. The van der Waals surface area contributed by atoms with Crippen LogP contribution < -0.4 is 15.9 Å². The van der Waals surface area contributed by atoms with E-state index in [1.807, 2.05) is 37.3 Å². The minimum Gasteiger partial charge on any atom is -0.451 e. The van der Waals surface area contributed by atoms with Crippen LogP contribution in [0.2, 0.25) is 0 Å². The molecular weight excluding hydrogens is 581 g/mol. The lowest BCUT2D eigenvalue weighted by Gasteiger charge is -2.32. The topological polar surface area (TPSA) is 127 Å². The molecule has 44 heavy (non-hydrogen) atoms. The Labute approximate surface area is 259 Å². The summed E-state index contributed by atoms with van der Waals surface area (Å²) >= 11 is 0. The highest BCUT2D eigenvalue weighted by atomic mass is 31.2. The summed E-state index contributed by atoms with van der Waals surface area (Å²) in [7, 11) is -2.97. The largest absolute Gasteiger partial charge is 0.451 e. The summed E-state index contributed by atoms with van der Waals surface area (Å²) in [6, 6.07) is 19.3. The lowest BCUT2D eigenvalue weighted by atomic mass is 9.90. The SMILES string of the molecule is CCCCCC(C(=O)NCNC(=O)c1ccc(-c2cccc(P(C)(=O)OCC)c2)o1)C(CC)N(C=O)OCc1ccccc1. The van der Waals surface area contributed by atoms with Crippen molar-refractivity contribution in [2.75, 3.05) is 19.9 Å². The standard InChI is InChI=1S/C33H44N3O7P/c1-5-8-10-18-28(29(6-2)36(24-37)41-22-25-14-11-9-12-15-25)32(38)34-23-35-33(39)31-20-19-30(43-31)26-16-13-17-27(21-26)44(4,40)42-7-3/h9,11-17,19-21,24,28-29H,5-8,10,18,22-23H2,1-4H3,(H,34,38)(H,35,39). The molecule has 2 aromatic carbocycles. The molecule has 3 unspecified atom stereocenters. The summed E-state index contributed by atoms with van der Waals surface area (Å²) in [5.74, 6) is -0.810. The Kier molecular flexibility index (Phi) is 13.9. The van der Waals surface area contributed by atoms with Gasteiger partial charge in [0.2, 0.25) is 19.7 Å². The van der Waals surface area contributed by atoms with E-state index in [0.717, 1.165) is 24.8 Å². The molecule has 2 N–H and O–H groups in total. The molecule has 1 aromatic heterocycles. The zero-order valence-corrected chi connectivity index (χ0v) is 26.9. The lowest BCUT2D eigenvalue weighted by Crippen LogP contribution is -2.48. The molecule has 0 fully saturated rings. The molecule has 3 atom stereocenters. The molecule has 0 bridgehead atoms. The number of hydroxylamine groups is 2. The molecule has 3 aromatic rings. The predicted molar refractivity (Wildman–Crippen MR) is 170 cm³/mol. The number of carbonyl (C=O) groups is 3. The average Bonchev–Trinajstić information content (AvgIpc) is 3.53. The zero-order chi connectivity index (χ0) is 32.0. The third-order valence-electron chi connectivity index (χ3n) is 7.31. The number of benzene rings is 2. The number of hydrogen-bond acceptors (Lipinski definition) is 7. The van der Waals surface area contributed by atoms with Crippen molar-refractivity contribution in [3.8, 4) is 11.3 Å². The second kappa shape index (κ2) is 17.5. The van der Waals surface area contributed by atoms with Crippen LogP contribution in [0.15, 0.2) is 71.1 Å². The maximum atomic E-state index is 13.4. The maximum absolute atomic E-state index is 13.4. The van der Waals surface area contributed by atoms with E-state index < -0.39 is 25.2 Å². The highest BCUT2D eigenvalue weighted by Crippen LogP contribution is 2.41. The van der Waals surface area contributed by atoms with Crippen LogP contribution >= 0.6 is 7.37 Å². The third kappa shape index (κ3) is 9.91. The molecule has 0 aliphatic heterocycles. The fourth-order valence-corrected chi connectivity index (χ4v) is 6.33. The van der Waals surface area contributed by atoms with Gasteiger partial charge in [-0.15, -0.1) is 0 Å². The Morgan fingerprint density at radius 1 is 1.00 bits per heavy atom. The van der Waals surface area contributed by atoms with Crippen LogP contribution in [0, 0.1) is 5.92 Å². The van der Waals surface area contributed by atoms with Gasteiger partial charge in [-0.3, -0.25) is 23.8 Å². The van der Waals surface area contributed by atoms with Gasteiger partial charge >= 0.3 is 0 Å². The van der Waals surface area contributed by atoms with Gasteiger partial charge in [-0.1, -0.05) is 75.6 Å². The van der Waals surface area contributed by atoms with Gasteiger partial charge in [0, 0.05) is 17.5 Å². The number of furan rings is 1. The normalized spacial score (nSPS) is 13.8. The summed E-state index contributed by atoms with van der Waals surface area (Å²) in [6.07, 6.45) is 4.46. The molecule has 0 saturated heterocycles. The molecule has 3 amide bonds. The van der Waals surface area contributed by atoms with Gasteiger partial charge in [0.1, 0.15) is 12.4 Å². The van der Waals surface area contributed by atoms with Crippen LogP contribution in [-0.2, 0) is 30.1 Å². The van der Waals surface area contributed by atoms with Crippen molar-refractivity contribution < 1.29 is 32.7 Å². The highest BCUT2D eigenvalue weighted by Gasteiger charge is 2.32.